The summed E-state index contributed by atoms with van der Waals surface area (Å²) in [5.74, 6) is 0.196. The van der Waals surface area contributed by atoms with Crippen LogP contribution >= 0.6 is 0 Å². The lowest BCUT2D eigenvalue weighted by Crippen LogP contribution is -2.58. The molecule has 0 heterocycles. The first kappa shape index (κ1) is 13.5. The van der Waals surface area contributed by atoms with Gasteiger partial charge in [-0.2, -0.15) is 0 Å². The highest BCUT2D eigenvalue weighted by Gasteiger charge is 2.36. The topological polar surface area (TPSA) is 55.1 Å². The van der Waals surface area contributed by atoms with E-state index in [4.69, 9.17) is 5.73 Å². The summed E-state index contributed by atoms with van der Waals surface area (Å²) in [6.45, 7) is 2.79. The molecule has 0 aromatic heterocycles. The van der Waals surface area contributed by atoms with Gasteiger partial charge in [0.2, 0.25) is 5.91 Å². The molecule has 1 saturated carbocycles. The van der Waals surface area contributed by atoms with E-state index < -0.39 is 0 Å². The fraction of sp³-hybridized carbons (Fsp3) is 0.923. The van der Waals surface area contributed by atoms with E-state index in [0.717, 1.165) is 19.3 Å². The zero-order valence-electron chi connectivity index (χ0n) is 10.6. The maximum atomic E-state index is 11.7. The third-order valence-electron chi connectivity index (χ3n) is 3.61. The van der Waals surface area contributed by atoms with Gasteiger partial charge in [-0.25, -0.2) is 0 Å². The Hall–Kier alpha value is -0.570. The van der Waals surface area contributed by atoms with Gasteiger partial charge in [0.1, 0.15) is 0 Å². The van der Waals surface area contributed by atoms with Gasteiger partial charge in [0, 0.05) is 13.0 Å². The summed E-state index contributed by atoms with van der Waals surface area (Å²) in [7, 11) is 0. The average Bonchev–Trinajstić information content (AvgIpc) is 2.23. The molecule has 3 nitrogen and oxygen atoms in total. The molecule has 0 aromatic rings. The molecule has 0 bridgehead atoms. The molecule has 1 fully saturated rings. The van der Waals surface area contributed by atoms with Crippen molar-refractivity contribution in [1.82, 2.24) is 5.32 Å². The van der Waals surface area contributed by atoms with Crippen molar-refractivity contribution in [3.05, 3.63) is 0 Å². The molecule has 0 atom stereocenters. The lowest BCUT2D eigenvalue weighted by molar-refractivity contribution is -0.124. The largest absolute Gasteiger partial charge is 0.349 e. The van der Waals surface area contributed by atoms with Gasteiger partial charge >= 0.3 is 0 Å². The molecular weight excluding hydrogens is 200 g/mol. The van der Waals surface area contributed by atoms with Crippen LogP contribution in [0, 0.1) is 0 Å². The Bertz CT molecular complexity index is 206. The first-order chi connectivity index (χ1) is 7.72. The summed E-state index contributed by atoms with van der Waals surface area (Å²) in [5.41, 5.74) is 5.66. The molecule has 94 valence electrons. The molecule has 0 saturated heterocycles. The van der Waals surface area contributed by atoms with Crippen molar-refractivity contribution < 1.29 is 4.79 Å². The molecule has 1 amide bonds. The average molecular weight is 226 g/mol. The van der Waals surface area contributed by atoms with Crippen molar-refractivity contribution in [2.45, 2.75) is 70.3 Å². The van der Waals surface area contributed by atoms with Gasteiger partial charge in [-0.1, -0.05) is 32.6 Å². The Morgan fingerprint density at radius 1 is 1.25 bits per heavy atom. The standard InChI is InChI=1S/C13H26N2O/c1-2-3-4-5-6-8-12(16)15-13(11-14)9-7-10-13/h2-11,14H2,1H3,(H,15,16). The van der Waals surface area contributed by atoms with Crippen molar-refractivity contribution in [2.24, 2.45) is 5.73 Å². The zero-order valence-corrected chi connectivity index (χ0v) is 10.6. The number of unbranched alkanes of at least 4 members (excludes halogenated alkanes) is 4. The van der Waals surface area contributed by atoms with Gasteiger partial charge in [-0.15, -0.1) is 0 Å². The van der Waals surface area contributed by atoms with E-state index in [1.54, 1.807) is 0 Å². The van der Waals surface area contributed by atoms with Gasteiger partial charge in [-0.3, -0.25) is 4.79 Å². The Morgan fingerprint density at radius 2 is 1.94 bits per heavy atom. The van der Waals surface area contributed by atoms with E-state index >= 15 is 0 Å². The number of nitrogens with one attached hydrogen (secondary N) is 1. The number of rotatable bonds is 8. The lowest BCUT2D eigenvalue weighted by atomic mass is 9.76. The molecule has 1 aliphatic rings. The summed E-state index contributed by atoms with van der Waals surface area (Å²) in [5, 5.41) is 3.11. The maximum Gasteiger partial charge on any atom is 0.220 e. The van der Waals surface area contributed by atoms with Gasteiger partial charge in [0.25, 0.3) is 0 Å². The van der Waals surface area contributed by atoms with Gasteiger partial charge < -0.3 is 11.1 Å². The van der Waals surface area contributed by atoms with Crippen LogP contribution in [0.2, 0.25) is 0 Å². The quantitative estimate of drug-likeness (QED) is 0.624. The van der Waals surface area contributed by atoms with E-state index in [1.165, 1.54) is 32.1 Å². The highest BCUT2D eigenvalue weighted by atomic mass is 16.1. The smallest absolute Gasteiger partial charge is 0.220 e. The van der Waals surface area contributed by atoms with E-state index in [0.29, 0.717) is 13.0 Å². The van der Waals surface area contributed by atoms with Crippen LogP contribution in [0.15, 0.2) is 0 Å². The number of nitrogens with two attached hydrogens (primary N) is 1. The summed E-state index contributed by atoms with van der Waals surface area (Å²) < 4.78 is 0. The summed E-state index contributed by atoms with van der Waals surface area (Å²) in [6.07, 6.45) is 9.99. The second-order valence-corrected chi connectivity index (χ2v) is 5.05. The minimum absolute atomic E-state index is 0.0412. The molecule has 3 heteroatoms. The number of amides is 1. The Kier molecular flexibility index (Phi) is 5.81. The van der Waals surface area contributed by atoms with Gasteiger partial charge in [0.05, 0.1) is 5.54 Å². The van der Waals surface area contributed by atoms with Crippen LogP contribution < -0.4 is 11.1 Å². The van der Waals surface area contributed by atoms with Crippen LogP contribution in [0.4, 0.5) is 0 Å². The molecule has 3 N–H and O–H groups in total. The number of carbonyl (C=O) groups is 1. The summed E-state index contributed by atoms with van der Waals surface area (Å²) in [4.78, 5) is 11.7. The Balaban J connectivity index is 2.06. The number of carbonyl (C=O) groups excluding carboxylic acids is 1. The van der Waals surface area contributed by atoms with Crippen LogP contribution in [-0.2, 0) is 4.79 Å². The normalized spacial score (nSPS) is 17.9. The molecule has 1 rings (SSSR count). The molecule has 0 aromatic carbocycles. The molecule has 1 aliphatic carbocycles. The molecule has 0 unspecified atom stereocenters. The third-order valence-corrected chi connectivity index (χ3v) is 3.61. The SMILES string of the molecule is CCCCCCCC(=O)NC1(CN)CCC1. The predicted molar refractivity (Wildman–Crippen MR) is 67.2 cm³/mol. The van der Waals surface area contributed by atoms with Crippen molar-refractivity contribution >= 4 is 5.91 Å². The van der Waals surface area contributed by atoms with Gasteiger partial charge in [0.15, 0.2) is 0 Å². The van der Waals surface area contributed by atoms with E-state index in [1.807, 2.05) is 0 Å². The number of hydrogen-bond acceptors (Lipinski definition) is 2. The summed E-state index contributed by atoms with van der Waals surface area (Å²) in [6, 6.07) is 0. The molecular formula is C13H26N2O. The minimum atomic E-state index is -0.0412. The highest BCUT2D eigenvalue weighted by Crippen LogP contribution is 2.30. The lowest BCUT2D eigenvalue weighted by Gasteiger charge is -2.41. The highest BCUT2D eigenvalue weighted by molar-refractivity contribution is 5.76. The van der Waals surface area contributed by atoms with Crippen LogP contribution in [0.1, 0.15) is 64.7 Å². The fourth-order valence-electron chi connectivity index (χ4n) is 2.23. The fourth-order valence-corrected chi connectivity index (χ4v) is 2.23. The van der Waals surface area contributed by atoms with Crippen LogP contribution in [0.5, 0.6) is 0 Å². The van der Waals surface area contributed by atoms with Crippen molar-refractivity contribution in [3.8, 4) is 0 Å². The van der Waals surface area contributed by atoms with Crippen molar-refractivity contribution in [3.63, 3.8) is 0 Å². The third kappa shape index (κ3) is 4.12. The van der Waals surface area contributed by atoms with Gasteiger partial charge in [-0.05, 0) is 25.7 Å². The second-order valence-electron chi connectivity index (χ2n) is 5.05. The van der Waals surface area contributed by atoms with Crippen LogP contribution in [0.3, 0.4) is 0 Å². The Labute approximate surface area is 99.2 Å². The summed E-state index contributed by atoms with van der Waals surface area (Å²) >= 11 is 0. The number of hydrogen-bond donors (Lipinski definition) is 2. The molecule has 16 heavy (non-hydrogen) atoms. The first-order valence-electron chi connectivity index (χ1n) is 6.73. The second kappa shape index (κ2) is 6.89. The Morgan fingerprint density at radius 3 is 2.44 bits per heavy atom. The van der Waals surface area contributed by atoms with E-state index in [2.05, 4.69) is 12.2 Å². The predicted octanol–water partition coefficient (Wildman–Crippen LogP) is 2.34. The first-order valence-corrected chi connectivity index (χ1v) is 6.73. The molecule has 0 spiro atoms. The van der Waals surface area contributed by atoms with Crippen molar-refractivity contribution in [2.75, 3.05) is 6.54 Å². The molecule has 0 aliphatic heterocycles. The maximum absolute atomic E-state index is 11.7. The van der Waals surface area contributed by atoms with E-state index in [9.17, 15) is 4.79 Å². The zero-order chi connectivity index (χ0) is 11.9. The molecule has 0 radical (unpaired) electrons. The monoisotopic (exact) mass is 226 g/mol. The van der Waals surface area contributed by atoms with E-state index in [-0.39, 0.29) is 11.4 Å². The van der Waals surface area contributed by atoms with Crippen LogP contribution in [0.25, 0.3) is 0 Å². The van der Waals surface area contributed by atoms with Crippen LogP contribution in [-0.4, -0.2) is 18.0 Å². The van der Waals surface area contributed by atoms with Crippen molar-refractivity contribution in [1.29, 1.82) is 0 Å². The minimum Gasteiger partial charge on any atom is -0.349 e.